The van der Waals surface area contributed by atoms with Crippen molar-refractivity contribution in [3.8, 4) is 0 Å². The smallest absolute Gasteiger partial charge is 0.0558 e. The van der Waals surface area contributed by atoms with E-state index in [2.05, 4.69) is 13.8 Å². The molecular formula is C12H29NO2. The Morgan fingerprint density at radius 2 is 1.73 bits per heavy atom. The number of hydrogen-bond donors (Lipinski definition) is 2. The molecule has 0 aliphatic heterocycles. The van der Waals surface area contributed by atoms with Gasteiger partial charge in [-0.3, -0.25) is 0 Å². The first-order chi connectivity index (χ1) is 7.12. The molecule has 0 aliphatic rings. The third-order valence-corrected chi connectivity index (χ3v) is 2.35. The molecule has 0 heterocycles. The Bertz CT molecular complexity index is 104. The average Bonchev–Trinajstić information content (AvgIpc) is 2.20. The molecule has 0 amide bonds. The van der Waals surface area contributed by atoms with E-state index in [-0.39, 0.29) is 6.61 Å². The zero-order valence-electron chi connectivity index (χ0n) is 10.9. The number of nitrogens with zero attached hydrogens (tertiary/aromatic N) is 1. The summed E-state index contributed by atoms with van der Waals surface area (Å²) in [7, 11) is 3.85. The first-order valence-corrected chi connectivity index (χ1v) is 5.98. The molecule has 3 heteroatoms. The number of aliphatic hydroxyl groups excluding tert-OH is 2. The van der Waals surface area contributed by atoms with Crippen LogP contribution in [0.2, 0.25) is 0 Å². The lowest BCUT2D eigenvalue weighted by atomic mass is 10.0. The normalized spacial score (nSPS) is 12.2. The fourth-order valence-corrected chi connectivity index (χ4v) is 1.12. The summed E-state index contributed by atoms with van der Waals surface area (Å²) in [6.45, 7) is 5.71. The van der Waals surface area contributed by atoms with Crippen LogP contribution in [-0.4, -0.2) is 49.0 Å². The summed E-state index contributed by atoms with van der Waals surface area (Å²) < 4.78 is 0. The Hall–Kier alpha value is -0.120. The molecule has 0 saturated heterocycles. The minimum atomic E-state index is 0.257. The van der Waals surface area contributed by atoms with Crippen molar-refractivity contribution in [2.75, 3.05) is 33.9 Å². The molecule has 0 aromatic carbocycles. The molecule has 0 bridgehead atoms. The van der Waals surface area contributed by atoms with Crippen LogP contribution < -0.4 is 0 Å². The van der Waals surface area contributed by atoms with E-state index in [4.69, 9.17) is 10.2 Å². The van der Waals surface area contributed by atoms with E-state index in [1.54, 1.807) is 0 Å². The zero-order chi connectivity index (χ0) is 12.1. The molecule has 94 valence electrons. The molecule has 1 unspecified atom stereocenters. The summed E-state index contributed by atoms with van der Waals surface area (Å²) in [5.41, 5.74) is 0. The molecule has 0 rings (SSSR count). The van der Waals surface area contributed by atoms with E-state index in [1.165, 1.54) is 19.3 Å². The van der Waals surface area contributed by atoms with E-state index >= 15 is 0 Å². The summed E-state index contributed by atoms with van der Waals surface area (Å²) in [5, 5.41) is 16.9. The van der Waals surface area contributed by atoms with Crippen LogP contribution in [0.4, 0.5) is 0 Å². The van der Waals surface area contributed by atoms with E-state index in [0.717, 1.165) is 13.0 Å². The zero-order valence-corrected chi connectivity index (χ0v) is 10.9. The molecule has 0 aromatic heterocycles. The third-order valence-electron chi connectivity index (χ3n) is 2.35. The van der Waals surface area contributed by atoms with Gasteiger partial charge in [-0.05, 0) is 26.4 Å². The Morgan fingerprint density at radius 1 is 1.13 bits per heavy atom. The summed E-state index contributed by atoms with van der Waals surface area (Å²) in [5.74, 6) is 0.560. The number of hydrogen-bond acceptors (Lipinski definition) is 3. The molecule has 0 radical (unpaired) electrons. The van der Waals surface area contributed by atoms with Gasteiger partial charge in [-0.25, -0.2) is 0 Å². The minimum absolute atomic E-state index is 0.257. The van der Waals surface area contributed by atoms with Gasteiger partial charge in [-0.2, -0.15) is 0 Å². The highest BCUT2D eigenvalue weighted by molar-refractivity contribution is 4.53. The Labute approximate surface area is 95.1 Å². The second-order valence-electron chi connectivity index (χ2n) is 4.13. The number of unbranched alkanes of at least 4 members (excludes halogenated alkanes) is 1. The summed E-state index contributed by atoms with van der Waals surface area (Å²) in [4.78, 5) is 1.93. The molecule has 0 saturated carbocycles. The Balaban J connectivity index is 0. The van der Waals surface area contributed by atoms with E-state index in [1.807, 2.05) is 19.0 Å². The van der Waals surface area contributed by atoms with Crippen LogP contribution in [0.5, 0.6) is 0 Å². The van der Waals surface area contributed by atoms with Gasteiger partial charge in [0.1, 0.15) is 0 Å². The number of rotatable bonds is 7. The van der Waals surface area contributed by atoms with Crippen LogP contribution in [0.15, 0.2) is 0 Å². The molecule has 0 aliphatic carbocycles. The highest BCUT2D eigenvalue weighted by atomic mass is 16.3. The van der Waals surface area contributed by atoms with Gasteiger partial charge in [0, 0.05) is 13.2 Å². The van der Waals surface area contributed by atoms with Gasteiger partial charge in [-0.1, -0.05) is 33.1 Å². The number of aliphatic hydroxyl groups is 2. The van der Waals surface area contributed by atoms with Gasteiger partial charge < -0.3 is 15.1 Å². The average molecular weight is 219 g/mol. The van der Waals surface area contributed by atoms with Crippen molar-refractivity contribution in [1.82, 2.24) is 4.90 Å². The highest BCUT2D eigenvalue weighted by Gasteiger charge is 2.01. The van der Waals surface area contributed by atoms with Crippen molar-refractivity contribution in [2.24, 2.45) is 5.92 Å². The lowest BCUT2D eigenvalue weighted by Gasteiger charge is -2.08. The SMILES string of the molecule is CCCCC(CC)CO.CN(C)CCO. The topological polar surface area (TPSA) is 43.7 Å². The lowest BCUT2D eigenvalue weighted by Crippen LogP contribution is -2.15. The maximum atomic E-state index is 8.75. The molecule has 1 atom stereocenters. The van der Waals surface area contributed by atoms with Crippen LogP contribution in [-0.2, 0) is 0 Å². The monoisotopic (exact) mass is 219 g/mol. The molecule has 0 aromatic rings. The molecular weight excluding hydrogens is 190 g/mol. The van der Waals surface area contributed by atoms with Crippen molar-refractivity contribution < 1.29 is 10.2 Å². The van der Waals surface area contributed by atoms with E-state index in [0.29, 0.717) is 12.5 Å². The van der Waals surface area contributed by atoms with E-state index in [9.17, 15) is 0 Å². The Kier molecular flexibility index (Phi) is 16.0. The van der Waals surface area contributed by atoms with Crippen molar-refractivity contribution in [1.29, 1.82) is 0 Å². The van der Waals surface area contributed by atoms with Crippen LogP contribution in [0.3, 0.4) is 0 Å². The van der Waals surface area contributed by atoms with Crippen molar-refractivity contribution in [2.45, 2.75) is 39.5 Å². The van der Waals surface area contributed by atoms with Gasteiger partial charge >= 0.3 is 0 Å². The maximum absolute atomic E-state index is 8.75. The quantitative estimate of drug-likeness (QED) is 0.685. The van der Waals surface area contributed by atoms with Gasteiger partial charge in [0.2, 0.25) is 0 Å². The highest BCUT2D eigenvalue weighted by Crippen LogP contribution is 2.10. The first-order valence-electron chi connectivity index (χ1n) is 5.98. The van der Waals surface area contributed by atoms with Crippen molar-refractivity contribution in [3.63, 3.8) is 0 Å². The molecule has 2 N–H and O–H groups in total. The third kappa shape index (κ3) is 16.5. The fraction of sp³-hybridized carbons (Fsp3) is 1.00. The standard InChI is InChI=1S/C8H18O.C4H11NO/c1-3-5-6-8(4-2)7-9;1-5(2)3-4-6/h8-9H,3-7H2,1-2H3;6H,3-4H2,1-2H3. The van der Waals surface area contributed by atoms with Crippen LogP contribution in [0, 0.1) is 5.92 Å². The molecule has 0 spiro atoms. The summed E-state index contributed by atoms with van der Waals surface area (Å²) in [6.07, 6.45) is 4.83. The summed E-state index contributed by atoms with van der Waals surface area (Å²) >= 11 is 0. The predicted octanol–water partition coefficient (Wildman–Crippen LogP) is 1.74. The minimum Gasteiger partial charge on any atom is -0.396 e. The van der Waals surface area contributed by atoms with Crippen LogP contribution >= 0.6 is 0 Å². The lowest BCUT2D eigenvalue weighted by molar-refractivity contribution is 0.212. The molecule has 0 fully saturated rings. The van der Waals surface area contributed by atoms with Gasteiger partial charge in [0.25, 0.3) is 0 Å². The van der Waals surface area contributed by atoms with Crippen LogP contribution in [0.25, 0.3) is 0 Å². The van der Waals surface area contributed by atoms with Gasteiger partial charge in [0.05, 0.1) is 6.61 Å². The first kappa shape index (κ1) is 17.3. The largest absolute Gasteiger partial charge is 0.396 e. The van der Waals surface area contributed by atoms with E-state index < -0.39 is 0 Å². The van der Waals surface area contributed by atoms with Gasteiger partial charge in [-0.15, -0.1) is 0 Å². The predicted molar refractivity (Wildman–Crippen MR) is 66.0 cm³/mol. The van der Waals surface area contributed by atoms with Crippen molar-refractivity contribution in [3.05, 3.63) is 0 Å². The summed E-state index contributed by atoms with van der Waals surface area (Å²) in [6, 6.07) is 0. The molecule has 15 heavy (non-hydrogen) atoms. The molecule has 3 nitrogen and oxygen atoms in total. The Morgan fingerprint density at radius 3 is 1.93 bits per heavy atom. The van der Waals surface area contributed by atoms with Crippen LogP contribution in [0.1, 0.15) is 39.5 Å². The van der Waals surface area contributed by atoms with Gasteiger partial charge in [0.15, 0.2) is 0 Å². The maximum Gasteiger partial charge on any atom is 0.0558 e. The second-order valence-corrected chi connectivity index (χ2v) is 4.13. The van der Waals surface area contributed by atoms with Crippen molar-refractivity contribution >= 4 is 0 Å². The second kappa shape index (κ2) is 13.9. The fourth-order valence-electron chi connectivity index (χ4n) is 1.12. The number of likely N-dealkylation sites (N-methyl/N-ethyl adjacent to an activating group) is 1.